The molecule has 1 aliphatic rings. The summed E-state index contributed by atoms with van der Waals surface area (Å²) in [7, 11) is 0. The number of piperidine rings is 1. The fourth-order valence-electron chi connectivity index (χ4n) is 2.13. The van der Waals surface area contributed by atoms with Crippen LogP contribution in [0.3, 0.4) is 0 Å². The van der Waals surface area contributed by atoms with Crippen LogP contribution in [0, 0.1) is 25.2 Å². The molecule has 0 radical (unpaired) electrons. The summed E-state index contributed by atoms with van der Waals surface area (Å²) in [5.41, 5.74) is 2.39. The van der Waals surface area contributed by atoms with Gasteiger partial charge in [0.1, 0.15) is 11.9 Å². The van der Waals surface area contributed by atoms with E-state index in [4.69, 9.17) is 5.26 Å². The lowest BCUT2D eigenvalue weighted by Gasteiger charge is -2.24. The molecule has 0 bridgehead atoms. The Bertz CT molecular complexity index is 508. The number of carbonyl (C=O) groups is 1. The summed E-state index contributed by atoms with van der Waals surface area (Å²) >= 11 is 0. The Balaban J connectivity index is 2.18. The molecule has 1 saturated heterocycles. The Labute approximate surface area is 106 Å². The molecule has 1 atom stereocenters. The molecule has 0 aromatic carbocycles. The topological polar surface area (TPSA) is 77.8 Å². The third-order valence-electron chi connectivity index (χ3n) is 3.06. The molecule has 1 aromatic rings. The molecule has 94 valence electrons. The maximum Gasteiger partial charge on any atom is 0.220 e. The van der Waals surface area contributed by atoms with E-state index in [0.29, 0.717) is 24.3 Å². The van der Waals surface area contributed by atoms with E-state index in [9.17, 15) is 4.79 Å². The molecule has 0 saturated carbocycles. The van der Waals surface area contributed by atoms with E-state index >= 15 is 0 Å². The van der Waals surface area contributed by atoms with Gasteiger partial charge in [-0.2, -0.15) is 5.26 Å². The number of carbonyl (C=O) groups excluding carboxylic acids is 1. The van der Waals surface area contributed by atoms with Gasteiger partial charge in [0.2, 0.25) is 5.91 Å². The highest BCUT2D eigenvalue weighted by Crippen LogP contribution is 2.19. The van der Waals surface area contributed by atoms with Crippen molar-refractivity contribution in [3.63, 3.8) is 0 Å². The molecule has 2 rings (SSSR count). The summed E-state index contributed by atoms with van der Waals surface area (Å²) in [6, 6.07) is 4.21. The van der Waals surface area contributed by atoms with Crippen molar-refractivity contribution < 1.29 is 4.79 Å². The second kappa shape index (κ2) is 5.05. The van der Waals surface area contributed by atoms with Gasteiger partial charge in [0.05, 0.1) is 5.56 Å². The van der Waals surface area contributed by atoms with Gasteiger partial charge < -0.3 is 10.6 Å². The molecule has 5 heteroatoms. The second-order valence-electron chi connectivity index (χ2n) is 4.60. The number of hydrogen-bond acceptors (Lipinski definition) is 4. The molecule has 1 aliphatic heterocycles. The van der Waals surface area contributed by atoms with E-state index in [1.807, 2.05) is 19.9 Å². The van der Waals surface area contributed by atoms with Crippen LogP contribution in [0.25, 0.3) is 0 Å². The highest BCUT2D eigenvalue weighted by molar-refractivity contribution is 5.77. The fraction of sp³-hybridized carbons (Fsp3) is 0.462. The normalized spacial score (nSPS) is 18.9. The largest absolute Gasteiger partial charge is 0.364 e. The standard InChI is InChI=1S/C13H16N4O/c1-8-5-9(2)16-13(11(8)6-14)17-10-3-4-12(18)15-7-10/h5,10H,3-4,7H2,1-2H3,(H,15,18)(H,16,17). The molecule has 18 heavy (non-hydrogen) atoms. The first-order valence-corrected chi connectivity index (χ1v) is 6.01. The highest BCUT2D eigenvalue weighted by atomic mass is 16.1. The molecule has 0 spiro atoms. The SMILES string of the molecule is Cc1cc(C)c(C#N)c(NC2CCC(=O)NC2)n1. The van der Waals surface area contributed by atoms with E-state index in [2.05, 4.69) is 21.7 Å². The predicted molar refractivity (Wildman–Crippen MR) is 68.1 cm³/mol. The Morgan fingerprint density at radius 2 is 2.33 bits per heavy atom. The van der Waals surface area contributed by atoms with E-state index in [-0.39, 0.29) is 11.9 Å². The Morgan fingerprint density at radius 3 is 2.94 bits per heavy atom. The summed E-state index contributed by atoms with van der Waals surface area (Å²) in [5, 5.41) is 15.2. The van der Waals surface area contributed by atoms with Crippen LogP contribution in [0.2, 0.25) is 0 Å². The minimum Gasteiger partial charge on any atom is -0.364 e. The first kappa shape index (κ1) is 12.4. The van der Waals surface area contributed by atoms with Crippen molar-refractivity contribution in [3.05, 3.63) is 22.9 Å². The van der Waals surface area contributed by atoms with Gasteiger partial charge in [-0.15, -0.1) is 0 Å². The average Bonchev–Trinajstić information content (AvgIpc) is 2.32. The van der Waals surface area contributed by atoms with Crippen LogP contribution in [-0.4, -0.2) is 23.5 Å². The number of aryl methyl sites for hydroxylation is 2. The number of nitrogens with one attached hydrogen (secondary N) is 2. The van der Waals surface area contributed by atoms with Crippen molar-refractivity contribution in [1.82, 2.24) is 10.3 Å². The monoisotopic (exact) mass is 244 g/mol. The average molecular weight is 244 g/mol. The molecule has 1 unspecified atom stereocenters. The smallest absolute Gasteiger partial charge is 0.220 e. The maximum absolute atomic E-state index is 11.1. The third kappa shape index (κ3) is 2.59. The second-order valence-corrected chi connectivity index (χ2v) is 4.60. The van der Waals surface area contributed by atoms with Crippen LogP contribution in [0.1, 0.15) is 29.7 Å². The van der Waals surface area contributed by atoms with Gasteiger partial charge in [0, 0.05) is 24.7 Å². The van der Waals surface area contributed by atoms with Crippen molar-refractivity contribution in [1.29, 1.82) is 5.26 Å². The number of anilines is 1. The number of hydrogen-bond donors (Lipinski definition) is 2. The molecular weight excluding hydrogens is 228 g/mol. The lowest BCUT2D eigenvalue weighted by molar-refractivity contribution is -0.122. The summed E-state index contributed by atoms with van der Waals surface area (Å²) in [5.74, 6) is 0.707. The van der Waals surface area contributed by atoms with E-state index in [1.54, 1.807) is 0 Å². The number of aromatic nitrogens is 1. The van der Waals surface area contributed by atoms with Gasteiger partial charge in [0.25, 0.3) is 0 Å². The van der Waals surface area contributed by atoms with Crippen LogP contribution in [0.4, 0.5) is 5.82 Å². The maximum atomic E-state index is 11.1. The van der Waals surface area contributed by atoms with Crippen LogP contribution < -0.4 is 10.6 Å². The molecule has 5 nitrogen and oxygen atoms in total. The van der Waals surface area contributed by atoms with Crippen molar-refractivity contribution in [2.24, 2.45) is 0 Å². The molecule has 1 fully saturated rings. The van der Waals surface area contributed by atoms with Crippen molar-refractivity contribution >= 4 is 11.7 Å². The van der Waals surface area contributed by atoms with Crippen LogP contribution >= 0.6 is 0 Å². The van der Waals surface area contributed by atoms with Gasteiger partial charge in [0.15, 0.2) is 0 Å². The number of nitrogens with zero attached hydrogens (tertiary/aromatic N) is 2. The van der Waals surface area contributed by atoms with Gasteiger partial charge in [-0.3, -0.25) is 4.79 Å². The molecular formula is C13H16N4O. The zero-order valence-corrected chi connectivity index (χ0v) is 10.6. The van der Waals surface area contributed by atoms with E-state index in [0.717, 1.165) is 17.7 Å². The lowest BCUT2D eigenvalue weighted by Crippen LogP contribution is -2.42. The van der Waals surface area contributed by atoms with Gasteiger partial charge in [-0.25, -0.2) is 4.98 Å². The zero-order valence-electron chi connectivity index (χ0n) is 10.6. The lowest BCUT2D eigenvalue weighted by atomic mass is 10.1. The molecule has 2 N–H and O–H groups in total. The minimum atomic E-state index is 0.0851. The van der Waals surface area contributed by atoms with Crippen molar-refractivity contribution in [3.8, 4) is 6.07 Å². The summed E-state index contributed by atoms with van der Waals surface area (Å²) < 4.78 is 0. The highest BCUT2D eigenvalue weighted by Gasteiger charge is 2.19. The Hall–Kier alpha value is -2.09. The summed E-state index contributed by atoms with van der Waals surface area (Å²) in [4.78, 5) is 15.5. The Morgan fingerprint density at radius 1 is 1.56 bits per heavy atom. The summed E-state index contributed by atoms with van der Waals surface area (Å²) in [6.45, 7) is 4.39. The van der Waals surface area contributed by atoms with Crippen molar-refractivity contribution in [2.45, 2.75) is 32.7 Å². The van der Waals surface area contributed by atoms with Crippen LogP contribution in [0.15, 0.2) is 6.07 Å². The molecule has 1 amide bonds. The quantitative estimate of drug-likeness (QED) is 0.821. The molecule has 0 aliphatic carbocycles. The first-order chi connectivity index (χ1) is 8.60. The number of pyridine rings is 1. The number of nitriles is 1. The van der Waals surface area contributed by atoms with Gasteiger partial charge in [-0.05, 0) is 31.9 Å². The predicted octanol–water partition coefficient (Wildman–Crippen LogP) is 1.26. The van der Waals surface area contributed by atoms with Crippen LogP contribution in [-0.2, 0) is 4.79 Å². The first-order valence-electron chi connectivity index (χ1n) is 6.01. The minimum absolute atomic E-state index is 0.0851. The van der Waals surface area contributed by atoms with Gasteiger partial charge >= 0.3 is 0 Å². The Kier molecular flexibility index (Phi) is 3.47. The van der Waals surface area contributed by atoms with Crippen LogP contribution in [0.5, 0.6) is 0 Å². The zero-order chi connectivity index (χ0) is 13.1. The van der Waals surface area contributed by atoms with Crippen molar-refractivity contribution in [2.75, 3.05) is 11.9 Å². The number of rotatable bonds is 2. The third-order valence-corrected chi connectivity index (χ3v) is 3.06. The molecule has 1 aromatic heterocycles. The fourth-order valence-corrected chi connectivity index (χ4v) is 2.13. The van der Waals surface area contributed by atoms with E-state index in [1.165, 1.54) is 0 Å². The molecule has 2 heterocycles. The summed E-state index contributed by atoms with van der Waals surface area (Å²) in [6.07, 6.45) is 1.29. The number of amides is 1. The van der Waals surface area contributed by atoms with Gasteiger partial charge in [-0.1, -0.05) is 0 Å². The van der Waals surface area contributed by atoms with E-state index < -0.39 is 0 Å².